The molecule has 1 aliphatic heterocycles. The molecule has 0 spiro atoms. The zero-order chi connectivity index (χ0) is 17.8. The van der Waals surface area contributed by atoms with Gasteiger partial charge in [-0.15, -0.1) is 0 Å². The van der Waals surface area contributed by atoms with E-state index in [0.29, 0.717) is 17.1 Å². The van der Waals surface area contributed by atoms with Crippen LogP contribution < -0.4 is 9.04 Å². The Bertz CT molecular complexity index is 777. The highest BCUT2D eigenvalue weighted by Gasteiger charge is 2.33. The summed E-state index contributed by atoms with van der Waals surface area (Å²) in [6, 6.07) is 14.6. The monoisotopic (exact) mass is 361 g/mol. The zero-order valence-electron chi connectivity index (χ0n) is 13.8. The van der Waals surface area contributed by atoms with Crippen molar-refractivity contribution in [2.24, 2.45) is 0 Å². The van der Waals surface area contributed by atoms with Crippen molar-refractivity contribution in [3.63, 3.8) is 0 Å². The van der Waals surface area contributed by atoms with Gasteiger partial charge >= 0.3 is 5.97 Å². The summed E-state index contributed by atoms with van der Waals surface area (Å²) in [6.45, 7) is -0.168. The molecule has 1 heterocycles. The van der Waals surface area contributed by atoms with Crippen molar-refractivity contribution in [2.75, 3.05) is 24.6 Å². The van der Waals surface area contributed by atoms with Crippen molar-refractivity contribution in [1.82, 2.24) is 0 Å². The molecule has 0 saturated carbocycles. The normalized spacial score (nSPS) is 17.2. The molecule has 6 nitrogen and oxygen atoms in total. The molecule has 132 valence electrons. The Morgan fingerprint density at radius 2 is 1.96 bits per heavy atom. The summed E-state index contributed by atoms with van der Waals surface area (Å²) in [5, 5.41) is 8.75. The summed E-state index contributed by atoms with van der Waals surface area (Å²) in [6.07, 6.45) is 0.664. The van der Waals surface area contributed by atoms with Gasteiger partial charge in [0, 0.05) is 0 Å². The highest BCUT2D eigenvalue weighted by molar-refractivity contribution is 7.86. The SMILES string of the molecule is COc1ccc(S(=O)N2c3ccccc3CC2COCC(=O)O)cc1. The first-order valence-electron chi connectivity index (χ1n) is 7.82. The molecule has 0 radical (unpaired) electrons. The number of aliphatic carboxylic acids is 1. The number of nitrogens with zero attached hydrogens (tertiary/aromatic N) is 1. The summed E-state index contributed by atoms with van der Waals surface area (Å²) in [4.78, 5) is 11.3. The van der Waals surface area contributed by atoms with Crippen molar-refractivity contribution >= 4 is 22.6 Å². The van der Waals surface area contributed by atoms with Crippen LogP contribution in [0, 0.1) is 0 Å². The number of para-hydroxylation sites is 1. The predicted molar refractivity (Wildman–Crippen MR) is 94.3 cm³/mol. The van der Waals surface area contributed by atoms with E-state index < -0.39 is 17.0 Å². The first kappa shape index (κ1) is 17.4. The zero-order valence-corrected chi connectivity index (χ0v) is 14.6. The Hall–Kier alpha value is -2.38. The highest BCUT2D eigenvalue weighted by Crippen LogP contribution is 2.35. The minimum Gasteiger partial charge on any atom is -0.497 e. The van der Waals surface area contributed by atoms with Crippen LogP contribution in [0.5, 0.6) is 5.75 Å². The van der Waals surface area contributed by atoms with E-state index in [4.69, 9.17) is 14.6 Å². The number of carboxylic acid groups (broad SMARTS) is 1. The molecule has 2 unspecified atom stereocenters. The summed E-state index contributed by atoms with van der Waals surface area (Å²) in [5.74, 6) is -0.317. The second-order valence-corrected chi connectivity index (χ2v) is 7.01. The van der Waals surface area contributed by atoms with E-state index in [1.165, 1.54) is 0 Å². The van der Waals surface area contributed by atoms with E-state index in [1.54, 1.807) is 35.7 Å². The van der Waals surface area contributed by atoms with Crippen LogP contribution in [0.2, 0.25) is 0 Å². The smallest absolute Gasteiger partial charge is 0.329 e. The Morgan fingerprint density at radius 1 is 1.24 bits per heavy atom. The third kappa shape index (κ3) is 3.83. The number of fused-ring (bicyclic) bond motifs is 1. The maximum absolute atomic E-state index is 13.1. The maximum atomic E-state index is 13.1. The summed E-state index contributed by atoms with van der Waals surface area (Å²) in [5.41, 5.74) is 1.97. The predicted octanol–water partition coefficient (Wildman–Crippen LogP) is 2.25. The summed E-state index contributed by atoms with van der Waals surface area (Å²) < 4.78 is 25.4. The number of hydrogen-bond donors (Lipinski definition) is 1. The van der Waals surface area contributed by atoms with E-state index in [9.17, 15) is 9.00 Å². The maximum Gasteiger partial charge on any atom is 0.329 e. The minimum absolute atomic E-state index is 0.181. The van der Waals surface area contributed by atoms with E-state index in [0.717, 1.165) is 11.3 Å². The Morgan fingerprint density at radius 3 is 2.64 bits per heavy atom. The quantitative estimate of drug-likeness (QED) is 0.819. The standard InChI is InChI=1S/C18H19NO5S/c1-23-15-6-8-16(9-7-15)25(22)19-14(11-24-12-18(20)21)10-13-4-2-3-5-17(13)19/h2-9,14H,10-12H2,1H3,(H,20,21). The topological polar surface area (TPSA) is 76.1 Å². The van der Waals surface area contributed by atoms with Gasteiger partial charge in [-0.05, 0) is 42.3 Å². The Labute approximate surface area is 148 Å². The molecule has 0 saturated heterocycles. The average molecular weight is 361 g/mol. The first-order chi connectivity index (χ1) is 12.1. The van der Waals surface area contributed by atoms with E-state index in [-0.39, 0.29) is 19.3 Å². The van der Waals surface area contributed by atoms with Gasteiger partial charge in [0.25, 0.3) is 0 Å². The number of rotatable bonds is 7. The average Bonchev–Trinajstić information content (AvgIpc) is 2.99. The van der Waals surface area contributed by atoms with E-state index in [2.05, 4.69) is 0 Å². The van der Waals surface area contributed by atoms with E-state index in [1.807, 2.05) is 24.3 Å². The number of anilines is 1. The lowest BCUT2D eigenvalue weighted by molar-refractivity contribution is -0.142. The molecule has 0 aromatic heterocycles. The molecular formula is C18H19NO5S. The number of methoxy groups -OCH3 is 1. The van der Waals surface area contributed by atoms with Gasteiger partial charge in [-0.3, -0.25) is 4.31 Å². The largest absolute Gasteiger partial charge is 0.497 e. The van der Waals surface area contributed by atoms with Crippen LogP contribution in [0.25, 0.3) is 0 Å². The van der Waals surface area contributed by atoms with Crippen LogP contribution in [0.1, 0.15) is 5.56 Å². The van der Waals surface area contributed by atoms with Crippen molar-refractivity contribution in [1.29, 1.82) is 0 Å². The van der Waals surface area contributed by atoms with Gasteiger partial charge in [-0.1, -0.05) is 18.2 Å². The van der Waals surface area contributed by atoms with Crippen LogP contribution in [0.4, 0.5) is 5.69 Å². The lowest BCUT2D eigenvalue weighted by atomic mass is 10.1. The fourth-order valence-electron chi connectivity index (χ4n) is 2.87. The van der Waals surface area contributed by atoms with Gasteiger partial charge in [0.15, 0.2) is 11.0 Å². The second-order valence-electron chi connectivity index (χ2n) is 5.65. The van der Waals surface area contributed by atoms with E-state index >= 15 is 0 Å². The Balaban J connectivity index is 1.84. The number of benzene rings is 2. The third-order valence-corrected chi connectivity index (χ3v) is 5.52. The molecule has 2 aromatic rings. The molecule has 25 heavy (non-hydrogen) atoms. The van der Waals surface area contributed by atoms with Crippen LogP contribution in [0.15, 0.2) is 53.4 Å². The highest BCUT2D eigenvalue weighted by atomic mass is 32.2. The molecule has 1 aliphatic rings. The third-order valence-electron chi connectivity index (χ3n) is 3.99. The molecule has 7 heteroatoms. The summed E-state index contributed by atoms with van der Waals surface area (Å²) in [7, 11) is 0.158. The van der Waals surface area contributed by atoms with Crippen LogP contribution in [-0.2, 0) is 26.9 Å². The number of ether oxygens (including phenoxy) is 2. The van der Waals surface area contributed by atoms with Crippen molar-refractivity contribution < 1.29 is 23.6 Å². The summed E-state index contributed by atoms with van der Waals surface area (Å²) >= 11 is 0. The molecule has 0 fully saturated rings. The number of carboxylic acids is 1. The van der Waals surface area contributed by atoms with Crippen molar-refractivity contribution in [3.8, 4) is 5.75 Å². The lowest BCUT2D eigenvalue weighted by Gasteiger charge is -2.26. The molecule has 3 rings (SSSR count). The Kier molecular flexibility index (Phi) is 5.35. The van der Waals surface area contributed by atoms with Gasteiger partial charge in [0.05, 0.1) is 30.3 Å². The first-order valence-corrected chi connectivity index (χ1v) is 8.93. The molecular weight excluding hydrogens is 342 g/mol. The van der Waals surface area contributed by atoms with Crippen LogP contribution >= 0.6 is 0 Å². The van der Waals surface area contributed by atoms with Crippen molar-refractivity contribution in [3.05, 3.63) is 54.1 Å². The fourth-order valence-corrected chi connectivity index (χ4v) is 4.23. The second kappa shape index (κ2) is 7.67. The van der Waals surface area contributed by atoms with Gasteiger partial charge < -0.3 is 14.6 Å². The number of hydrogen-bond acceptors (Lipinski definition) is 4. The van der Waals surface area contributed by atoms with Crippen molar-refractivity contribution in [2.45, 2.75) is 17.4 Å². The van der Waals surface area contributed by atoms with Crippen LogP contribution in [0.3, 0.4) is 0 Å². The van der Waals surface area contributed by atoms with Gasteiger partial charge in [0.1, 0.15) is 12.4 Å². The molecule has 2 aromatic carbocycles. The lowest BCUT2D eigenvalue weighted by Crippen LogP contribution is -2.37. The molecule has 2 atom stereocenters. The fraction of sp³-hybridized carbons (Fsp3) is 0.278. The minimum atomic E-state index is -1.42. The van der Waals surface area contributed by atoms with Crippen LogP contribution in [-0.4, -0.2) is 41.7 Å². The molecule has 0 amide bonds. The molecule has 0 aliphatic carbocycles. The van der Waals surface area contributed by atoms with Gasteiger partial charge in [-0.25, -0.2) is 9.00 Å². The van der Waals surface area contributed by atoms with Gasteiger partial charge in [0.2, 0.25) is 0 Å². The molecule has 1 N–H and O–H groups in total. The number of carbonyl (C=O) groups is 1. The molecule has 0 bridgehead atoms. The van der Waals surface area contributed by atoms with Gasteiger partial charge in [-0.2, -0.15) is 0 Å².